The van der Waals surface area contributed by atoms with Crippen LogP contribution < -0.4 is 4.90 Å². The molecule has 98 valence electrons. The molecule has 0 bridgehead atoms. The molecule has 1 aliphatic rings. The van der Waals surface area contributed by atoms with Crippen molar-refractivity contribution in [2.75, 3.05) is 23.7 Å². The number of sulfone groups is 1. The third-order valence-corrected chi connectivity index (χ3v) is 5.19. The highest BCUT2D eigenvalue weighted by Crippen LogP contribution is 2.36. The van der Waals surface area contributed by atoms with E-state index in [1.807, 2.05) is 0 Å². The first-order chi connectivity index (χ1) is 8.42. The van der Waals surface area contributed by atoms with Crippen molar-refractivity contribution in [2.24, 2.45) is 0 Å². The van der Waals surface area contributed by atoms with Gasteiger partial charge in [-0.3, -0.25) is 4.79 Å². The van der Waals surface area contributed by atoms with Crippen molar-refractivity contribution in [2.45, 2.75) is 11.3 Å². The topological polar surface area (TPSA) is 74.7 Å². The minimum absolute atomic E-state index is 0.0131. The molecule has 0 saturated carbocycles. The Kier molecular flexibility index (Phi) is 3.63. The zero-order chi connectivity index (χ0) is 13.3. The number of fused-ring (bicyclic) bond motifs is 1. The first-order valence-corrected chi connectivity index (χ1v) is 7.84. The van der Waals surface area contributed by atoms with Crippen LogP contribution in [-0.2, 0) is 14.6 Å². The number of nitrogens with zero attached hydrogens (tertiary/aromatic N) is 1. The van der Waals surface area contributed by atoms with Gasteiger partial charge in [0, 0.05) is 17.6 Å². The molecule has 2 rings (SSSR count). The van der Waals surface area contributed by atoms with Gasteiger partial charge in [0.15, 0.2) is 9.84 Å². The fourth-order valence-electron chi connectivity index (χ4n) is 1.96. The lowest BCUT2D eigenvalue weighted by Gasteiger charge is -2.31. The van der Waals surface area contributed by atoms with E-state index in [-0.39, 0.29) is 17.1 Å². The number of hydrogen-bond donors (Lipinski definition) is 1. The molecule has 0 amide bonds. The van der Waals surface area contributed by atoms with Crippen LogP contribution in [0, 0.1) is 0 Å². The quantitative estimate of drug-likeness (QED) is 0.907. The van der Waals surface area contributed by atoms with Crippen molar-refractivity contribution in [3.05, 3.63) is 22.7 Å². The van der Waals surface area contributed by atoms with E-state index >= 15 is 0 Å². The Labute approximate surface area is 113 Å². The predicted octanol–water partition coefficient (Wildman–Crippen LogP) is 1.52. The summed E-state index contributed by atoms with van der Waals surface area (Å²) in [7, 11) is -3.26. The van der Waals surface area contributed by atoms with Crippen LogP contribution in [0.15, 0.2) is 27.6 Å². The van der Waals surface area contributed by atoms with Crippen LogP contribution in [0.3, 0.4) is 0 Å². The van der Waals surface area contributed by atoms with Crippen molar-refractivity contribution >= 4 is 37.4 Å². The summed E-state index contributed by atoms with van der Waals surface area (Å²) >= 11 is 3.33. The van der Waals surface area contributed by atoms with Crippen molar-refractivity contribution in [3.63, 3.8) is 0 Å². The number of benzene rings is 1. The van der Waals surface area contributed by atoms with Crippen LogP contribution in [0.5, 0.6) is 0 Å². The molecule has 5 nitrogen and oxygen atoms in total. The smallest absolute Gasteiger partial charge is 0.305 e. The number of anilines is 1. The van der Waals surface area contributed by atoms with Crippen LogP contribution in [0.1, 0.15) is 6.42 Å². The number of carboxylic acids is 1. The fourth-order valence-corrected chi connectivity index (χ4v) is 4.21. The van der Waals surface area contributed by atoms with Gasteiger partial charge in [-0.25, -0.2) is 8.42 Å². The molecular weight excluding hydrogens is 322 g/mol. The zero-order valence-corrected chi connectivity index (χ0v) is 11.9. The summed E-state index contributed by atoms with van der Waals surface area (Å²) in [4.78, 5) is 12.7. The first-order valence-electron chi connectivity index (χ1n) is 5.40. The number of aliphatic carboxylic acids is 1. The number of para-hydroxylation sites is 1. The molecule has 0 aromatic heterocycles. The highest BCUT2D eigenvalue weighted by molar-refractivity contribution is 9.10. The highest BCUT2D eigenvalue weighted by atomic mass is 79.9. The van der Waals surface area contributed by atoms with Gasteiger partial charge in [-0.05, 0) is 28.1 Å². The van der Waals surface area contributed by atoms with E-state index in [1.165, 1.54) is 0 Å². The maximum Gasteiger partial charge on any atom is 0.305 e. The molecule has 1 aromatic carbocycles. The second kappa shape index (κ2) is 4.89. The molecule has 0 unspecified atom stereocenters. The zero-order valence-electron chi connectivity index (χ0n) is 9.47. The molecule has 1 N–H and O–H groups in total. The lowest BCUT2D eigenvalue weighted by atomic mass is 10.2. The summed E-state index contributed by atoms with van der Waals surface area (Å²) < 4.78 is 24.6. The maximum atomic E-state index is 11.9. The van der Waals surface area contributed by atoms with E-state index in [4.69, 9.17) is 5.11 Å². The van der Waals surface area contributed by atoms with Crippen LogP contribution in [0.25, 0.3) is 0 Å². The second-order valence-electron chi connectivity index (χ2n) is 4.04. The number of carboxylic acid groups (broad SMARTS) is 1. The lowest BCUT2D eigenvalue weighted by molar-refractivity contribution is -0.136. The lowest BCUT2D eigenvalue weighted by Crippen LogP contribution is -2.36. The minimum atomic E-state index is -3.26. The largest absolute Gasteiger partial charge is 0.481 e. The van der Waals surface area contributed by atoms with Crippen LogP contribution in [0.4, 0.5) is 5.69 Å². The normalized spacial score (nSPS) is 17.3. The molecule has 0 spiro atoms. The molecule has 0 atom stereocenters. The van der Waals surface area contributed by atoms with Crippen LogP contribution in [0.2, 0.25) is 0 Å². The van der Waals surface area contributed by atoms with Crippen molar-refractivity contribution in [1.82, 2.24) is 0 Å². The van der Waals surface area contributed by atoms with Crippen LogP contribution >= 0.6 is 15.9 Å². The van der Waals surface area contributed by atoms with E-state index in [2.05, 4.69) is 15.9 Å². The number of hydrogen-bond acceptors (Lipinski definition) is 4. The Hall–Kier alpha value is -1.08. The molecule has 0 radical (unpaired) electrons. The summed E-state index contributed by atoms with van der Waals surface area (Å²) in [6, 6.07) is 4.98. The van der Waals surface area contributed by atoms with Gasteiger partial charge in [0.1, 0.15) is 0 Å². The van der Waals surface area contributed by atoms with E-state index in [9.17, 15) is 13.2 Å². The van der Waals surface area contributed by atoms with E-state index in [1.54, 1.807) is 23.1 Å². The Morgan fingerprint density at radius 3 is 2.83 bits per heavy atom. The van der Waals surface area contributed by atoms with Gasteiger partial charge in [-0.2, -0.15) is 0 Å². The van der Waals surface area contributed by atoms with Gasteiger partial charge in [0.2, 0.25) is 0 Å². The summed E-state index contributed by atoms with van der Waals surface area (Å²) in [6.45, 7) is 0.631. The minimum Gasteiger partial charge on any atom is -0.481 e. The fraction of sp³-hybridized carbons (Fsp3) is 0.364. The SMILES string of the molecule is O=C(O)CCN1CCS(=O)(=O)c2cccc(Br)c21. The molecule has 0 saturated heterocycles. The Morgan fingerprint density at radius 1 is 1.44 bits per heavy atom. The number of rotatable bonds is 3. The van der Waals surface area contributed by atoms with Gasteiger partial charge < -0.3 is 10.0 Å². The summed E-state index contributed by atoms with van der Waals surface area (Å²) in [5.74, 6) is -0.868. The van der Waals surface area contributed by atoms with Crippen molar-refractivity contribution < 1.29 is 18.3 Å². The van der Waals surface area contributed by atoms with Gasteiger partial charge in [-0.1, -0.05) is 6.07 Å². The molecule has 1 heterocycles. The van der Waals surface area contributed by atoms with Gasteiger partial charge in [-0.15, -0.1) is 0 Å². The molecule has 7 heteroatoms. The van der Waals surface area contributed by atoms with Gasteiger partial charge in [0.25, 0.3) is 0 Å². The van der Waals surface area contributed by atoms with E-state index in [0.29, 0.717) is 23.2 Å². The highest BCUT2D eigenvalue weighted by Gasteiger charge is 2.29. The first kappa shape index (κ1) is 13.4. The third kappa shape index (κ3) is 2.51. The second-order valence-corrected chi connectivity index (χ2v) is 6.97. The van der Waals surface area contributed by atoms with E-state index in [0.717, 1.165) is 0 Å². The number of halogens is 1. The molecule has 1 aromatic rings. The van der Waals surface area contributed by atoms with Crippen molar-refractivity contribution in [3.8, 4) is 0 Å². The Morgan fingerprint density at radius 2 is 2.17 bits per heavy atom. The van der Waals surface area contributed by atoms with E-state index < -0.39 is 15.8 Å². The summed E-state index contributed by atoms with van der Waals surface area (Å²) in [5.41, 5.74) is 0.574. The maximum absolute atomic E-state index is 11.9. The molecule has 0 aliphatic carbocycles. The monoisotopic (exact) mass is 333 g/mol. The predicted molar refractivity (Wildman–Crippen MR) is 70.7 cm³/mol. The molecular formula is C11H12BrNO4S. The van der Waals surface area contributed by atoms with Gasteiger partial charge >= 0.3 is 5.97 Å². The van der Waals surface area contributed by atoms with Gasteiger partial charge in [0.05, 0.1) is 22.8 Å². The third-order valence-electron chi connectivity index (χ3n) is 2.83. The average Bonchev–Trinajstić information content (AvgIpc) is 2.29. The van der Waals surface area contributed by atoms with Crippen LogP contribution in [-0.4, -0.2) is 38.3 Å². The Bertz CT molecular complexity index is 585. The molecule has 1 aliphatic heterocycles. The number of carbonyl (C=O) groups is 1. The Balaban J connectivity index is 2.42. The summed E-state index contributed by atoms with van der Waals surface area (Å²) in [5, 5.41) is 8.71. The average molecular weight is 334 g/mol. The standard InChI is InChI=1S/C11H12BrNO4S/c12-8-2-1-3-9-11(8)13(5-4-10(14)15)6-7-18(9,16)17/h1-3H,4-7H2,(H,14,15). The van der Waals surface area contributed by atoms with Crippen molar-refractivity contribution in [1.29, 1.82) is 0 Å². The molecule has 18 heavy (non-hydrogen) atoms. The summed E-state index contributed by atoms with van der Waals surface area (Å²) in [6.07, 6.45) is -0.0131. The molecule has 0 fully saturated rings.